The Morgan fingerprint density at radius 3 is 2.60 bits per heavy atom. The van der Waals surface area contributed by atoms with Crippen LogP contribution in [0.3, 0.4) is 0 Å². The summed E-state index contributed by atoms with van der Waals surface area (Å²) in [6, 6.07) is 1.26. The summed E-state index contributed by atoms with van der Waals surface area (Å²) in [6.07, 6.45) is 9.47. The predicted molar refractivity (Wildman–Crippen MR) is 64.7 cm³/mol. The van der Waals surface area contributed by atoms with Gasteiger partial charge in [-0.3, -0.25) is 0 Å². The fraction of sp³-hybridized carbons (Fsp3) is 1.00. The second-order valence-electron chi connectivity index (χ2n) is 5.74. The summed E-state index contributed by atoms with van der Waals surface area (Å²) in [4.78, 5) is 0. The predicted octanol–water partition coefficient (Wildman–Crippen LogP) is 2.28. The molecule has 2 atom stereocenters. The molecule has 0 bridgehead atoms. The van der Waals surface area contributed by atoms with Crippen LogP contribution in [0.5, 0.6) is 0 Å². The molecule has 0 spiro atoms. The average Bonchev–Trinajstić information content (AvgIpc) is 2.36. The zero-order valence-corrected chi connectivity index (χ0v) is 10.0. The topological polar surface area (TPSA) is 38.0 Å². The third-order valence-electron chi connectivity index (χ3n) is 4.26. The largest absolute Gasteiger partial charge is 0.327 e. The molecule has 3 N–H and O–H groups in total. The first-order chi connectivity index (χ1) is 7.25. The van der Waals surface area contributed by atoms with Gasteiger partial charge in [-0.1, -0.05) is 26.2 Å². The maximum absolute atomic E-state index is 6.21. The number of hydrogen-bond donors (Lipinski definition) is 2. The molecule has 2 rings (SSSR count). The molecule has 0 heterocycles. The molecule has 0 radical (unpaired) electrons. The second kappa shape index (κ2) is 5.31. The molecule has 0 saturated heterocycles. The molecule has 2 unspecified atom stereocenters. The summed E-state index contributed by atoms with van der Waals surface area (Å²) in [7, 11) is 0. The van der Waals surface area contributed by atoms with E-state index in [1.54, 1.807) is 0 Å². The first kappa shape index (κ1) is 11.4. The van der Waals surface area contributed by atoms with Crippen LogP contribution in [-0.4, -0.2) is 18.6 Å². The smallest absolute Gasteiger partial charge is 0.00792 e. The number of rotatable bonds is 3. The Hall–Kier alpha value is -0.0800. The van der Waals surface area contributed by atoms with Crippen molar-refractivity contribution in [1.29, 1.82) is 0 Å². The summed E-state index contributed by atoms with van der Waals surface area (Å²) >= 11 is 0. The molecule has 15 heavy (non-hydrogen) atoms. The van der Waals surface area contributed by atoms with Gasteiger partial charge >= 0.3 is 0 Å². The normalized spacial score (nSPS) is 42.0. The Bertz CT molecular complexity index is 187. The van der Waals surface area contributed by atoms with E-state index in [2.05, 4.69) is 12.2 Å². The van der Waals surface area contributed by atoms with E-state index in [-0.39, 0.29) is 0 Å². The van der Waals surface area contributed by atoms with Gasteiger partial charge in [-0.25, -0.2) is 0 Å². The first-order valence-corrected chi connectivity index (χ1v) is 6.74. The van der Waals surface area contributed by atoms with Crippen LogP contribution < -0.4 is 11.1 Å². The maximum Gasteiger partial charge on any atom is 0.00792 e. The minimum atomic E-state index is 0.456. The van der Waals surface area contributed by atoms with E-state index in [0.717, 1.165) is 17.9 Å². The third-order valence-corrected chi connectivity index (χ3v) is 4.26. The van der Waals surface area contributed by atoms with E-state index >= 15 is 0 Å². The standard InChI is InChI=1S/C13H26N2/c1-10-7-12(8-10)15-9-11-5-3-2-4-6-13(11)14/h10-13,15H,2-9,14H2,1H3. The van der Waals surface area contributed by atoms with E-state index in [9.17, 15) is 0 Å². The third kappa shape index (κ3) is 3.18. The number of hydrogen-bond acceptors (Lipinski definition) is 2. The van der Waals surface area contributed by atoms with Crippen LogP contribution in [0.25, 0.3) is 0 Å². The first-order valence-electron chi connectivity index (χ1n) is 6.74. The van der Waals surface area contributed by atoms with E-state index in [1.807, 2.05) is 0 Å². The second-order valence-corrected chi connectivity index (χ2v) is 5.74. The van der Waals surface area contributed by atoms with E-state index in [4.69, 9.17) is 5.73 Å². The van der Waals surface area contributed by atoms with Gasteiger partial charge in [-0.2, -0.15) is 0 Å². The van der Waals surface area contributed by atoms with Gasteiger partial charge in [0.1, 0.15) is 0 Å². The van der Waals surface area contributed by atoms with Crippen LogP contribution in [0, 0.1) is 11.8 Å². The van der Waals surface area contributed by atoms with Crippen LogP contribution in [0.1, 0.15) is 51.9 Å². The highest BCUT2D eigenvalue weighted by Gasteiger charge is 2.27. The van der Waals surface area contributed by atoms with Crippen LogP contribution in [0.4, 0.5) is 0 Å². The lowest BCUT2D eigenvalue weighted by atomic mass is 9.81. The van der Waals surface area contributed by atoms with Crippen molar-refractivity contribution < 1.29 is 0 Å². The Kier molecular flexibility index (Phi) is 4.04. The van der Waals surface area contributed by atoms with Crippen molar-refractivity contribution in [2.24, 2.45) is 17.6 Å². The molecule has 2 fully saturated rings. The van der Waals surface area contributed by atoms with E-state index in [0.29, 0.717) is 6.04 Å². The van der Waals surface area contributed by atoms with Gasteiger partial charge in [0.2, 0.25) is 0 Å². The molecule has 0 amide bonds. The van der Waals surface area contributed by atoms with E-state index in [1.165, 1.54) is 51.5 Å². The molecule has 0 aromatic rings. The molecule has 2 aliphatic rings. The Balaban J connectivity index is 1.67. The summed E-state index contributed by atoms with van der Waals surface area (Å²) < 4.78 is 0. The number of nitrogens with two attached hydrogens (primary N) is 1. The Morgan fingerprint density at radius 2 is 1.87 bits per heavy atom. The van der Waals surface area contributed by atoms with Gasteiger partial charge in [-0.05, 0) is 44.1 Å². The SMILES string of the molecule is CC1CC(NCC2CCCCCC2N)C1. The van der Waals surface area contributed by atoms with Crippen molar-refractivity contribution >= 4 is 0 Å². The Labute approximate surface area is 94.0 Å². The minimum Gasteiger partial charge on any atom is -0.327 e. The molecule has 2 saturated carbocycles. The van der Waals surface area contributed by atoms with Gasteiger partial charge in [0.15, 0.2) is 0 Å². The monoisotopic (exact) mass is 210 g/mol. The lowest BCUT2D eigenvalue weighted by Crippen LogP contribution is -2.45. The van der Waals surface area contributed by atoms with Crippen molar-refractivity contribution in [3.8, 4) is 0 Å². The number of nitrogens with one attached hydrogen (secondary N) is 1. The van der Waals surface area contributed by atoms with Gasteiger partial charge in [0.05, 0.1) is 0 Å². The summed E-state index contributed by atoms with van der Waals surface area (Å²) in [6.45, 7) is 3.51. The molecule has 0 aromatic heterocycles. The summed E-state index contributed by atoms with van der Waals surface area (Å²) in [5.41, 5.74) is 6.21. The summed E-state index contributed by atoms with van der Waals surface area (Å²) in [5.74, 6) is 1.69. The summed E-state index contributed by atoms with van der Waals surface area (Å²) in [5, 5.41) is 3.70. The Morgan fingerprint density at radius 1 is 1.13 bits per heavy atom. The van der Waals surface area contributed by atoms with Crippen LogP contribution in [0.2, 0.25) is 0 Å². The van der Waals surface area contributed by atoms with Crippen molar-refractivity contribution in [3.05, 3.63) is 0 Å². The van der Waals surface area contributed by atoms with Gasteiger partial charge < -0.3 is 11.1 Å². The molecule has 0 aliphatic heterocycles. The molecular weight excluding hydrogens is 184 g/mol. The molecular formula is C13H26N2. The van der Waals surface area contributed by atoms with Crippen LogP contribution >= 0.6 is 0 Å². The van der Waals surface area contributed by atoms with Crippen molar-refractivity contribution in [3.63, 3.8) is 0 Å². The van der Waals surface area contributed by atoms with Crippen molar-refractivity contribution in [2.75, 3.05) is 6.54 Å². The highest BCUT2D eigenvalue weighted by molar-refractivity contribution is 4.85. The molecule has 88 valence electrons. The van der Waals surface area contributed by atoms with Crippen molar-refractivity contribution in [2.45, 2.75) is 64.0 Å². The minimum absolute atomic E-state index is 0.456. The zero-order valence-electron chi connectivity index (χ0n) is 10.0. The fourth-order valence-electron chi connectivity index (χ4n) is 3.05. The highest BCUT2D eigenvalue weighted by Crippen LogP contribution is 2.27. The fourth-order valence-corrected chi connectivity index (χ4v) is 3.05. The van der Waals surface area contributed by atoms with Gasteiger partial charge in [-0.15, -0.1) is 0 Å². The molecule has 2 aliphatic carbocycles. The maximum atomic E-state index is 6.21. The lowest BCUT2D eigenvalue weighted by molar-refractivity contribution is 0.223. The average molecular weight is 210 g/mol. The van der Waals surface area contributed by atoms with Crippen LogP contribution in [-0.2, 0) is 0 Å². The van der Waals surface area contributed by atoms with Gasteiger partial charge in [0, 0.05) is 12.1 Å². The van der Waals surface area contributed by atoms with E-state index < -0.39 is 0 Å². The molecule has 2 heteroatoms. The van der Waals surface area contributed by atoms with Gasteiger partial charge in [0.25, 0.3) is 0 Å². The highest BCUT2D eigenvalue weighted by atomic mass is 14.9. The lowest BCUT2D eigenvalue weighted by Gasteiger charge is -2.35. The quantitative estimate of drug-likeness (QED) is 0.701. The zero-order chi connectivity index (χ0) is 10.7. The molecule has 2 nitrogen and oxygen atoms in total. The molecule has 0 aromatic carbocycles. The van der Waals surface area contributed by atoms with Crippen LogP contribution in [0.15, 0.2) is 0 Å². The van der Waals surface area contributed by atoms with Crippen molar-refractivity contribution in [1.82, 2.24) is 5.32 Å².